The molecule has 3 aromatic rings. The van der Waals surface area contributed by atoms with E-state index in [0.717, 1.165) is 43.3 Å². The number of carbonyl (C=O) groups is 2. The van der Waals surface area contributed by atoms with Gasteiger partial charge in [0.25, 0.3) is 0 Å². The Kier molecular flexibility index (Phi) is 7.24. The summed E-state index contributed by atoms with van der Waals surface area (Å²) < 4.78 is 5.81. The molecule has 3 fully saturated rings. The molecule has 38 heavy (non-hydrogen) atoms. The van der Waals surface area contributed by atoms with Crippen LogP contribution in [0.4, 0.5) is 0 Å². The molecule has 6 heteroatoms. The van der Waals surface area contributed by atoms with Crippen LogP contribution in [0.1, 0.15) is 68.4 Å². The summed E-state index contributed by atoms with van der Waals surface area (Å²) in [4.78, 5) is 32.7. The lowest BCUT2D eigenvalue weighted by atomic mass is 9.69. The number of nitrogens with two attached hydrogens (primary N) is 1. The maximum Gasteiger partial charge on any atom is 0.309 e. The summed E-state index contributed by atoms with van der Waals surface area (Å²) in [6.45, 7) is 1.02. The average Bonchev–Trinajstić information content (AvgIpc) is 3.60. The van der Waals surface area contributed by atoms with Gasteiger partial charge in [0.1, 0.15) is 6.61 Å². The summed E-state index contributed by atoms with van der Waals surface area (Å²) in [6, 6.07) is 17.8. The van der Waals surface area contributed by atoms with Crippen molar-refractivity contribution in [2.75, 3.05) is 6.54 Å². The number of benzene rings is 2. The van der Waals surface area contributed by atoms with Crippen LogP contribution in [0.3, 0.4) is 0 Å². The first-order valence-electron chi connectivity index (χ1n) is 14.4. The number of para-hydroxylation sites is 1. The minimum atomic E-state index is -0.425. The molecule has 1 saturated heterocycles. The number of amides is 1. The van der Waals surface area contributed by atoms with Gasteiger partial charge >= 0.3 is 5.97 Å². The van der Waals surface area contributed by atoms with Crippen LogP contribution in [-0.4, -0.2) is 40.4 Å². The number of aromatic amines is 1. The molecule has 2 aromatic carbocycles. The number of hydrogen-bond acceptors (Lipinski definition) is 4. The molecular formula is C32H39N3O3. The van der Waals surface area contributed by atoms with E-state index in [1.807, 2.05) is 36.4 Å². The number of rotatable bonds is 6. The fraction of sp³-hybridized carbons (Fsp3) is 0.500. The average molecular weight is 514 g/mol. The van der Waals surface area contributed by atoms with E-state index in [9.17, 15) is 9.59 Å². The van der Waals surface area contributed by atoms with Gasteiger partial charge in [0.2, 0.25) is 5.91 Å². The van der Waals surface area contributed by atoms with Gasteiger partial charge in [-0.25, -0.2) is 0 Å². The highest BCUT2D eigenvalue weighted by molar-refractivity contribution is 5.85. The highest BCUT2D eigenvalue weighted by Gasteiger charge is 2.50. The zero-order valence-electron chi connectivity index (χ0n) is 22.1. The summed E-state index contributed by atoms with van der Waals surface area (Å²) in [5, 5.41) is 1.17. The zero-order chi connectivity index (χ0) is 26.1. The number of nitrogens with one attached hydrogen (secondary N) is 1. The quantitative estimate of drug-likeness (QED) is 0.424. The van der Waals surface area contributed by atoms with Crippen molar-refractivity contribution in [1.29, 1.82) is 0 Å². The molecule has 2 heterocycles. The zero-order valence-corrected chi connectivity index (χ0v) is 22.1. The van der Waals surface area contributed by atoms with Crippen LogP contribution in [0.5, 0.6) is 0 Å². The van der Waals surface area contributed by atoms with Crippen LogP contribution in [0.15, 0.2) is 60.8 Å². The molecule has 3 N–H and O–H groups in total. The van der Waals surface area contributed by atoms with Crippen LogP contribution >= 0.6 is 0 Å². The van der Waals surface area contributed by atoms with Crippen molar-refractivity contribution in [2.24, 2.45) is 23.5 Å². The van der Waals surface area contributed by atoms with Gasteiger partial charge in [-0.3, -0.25) is 9.59 Å². The molecule has 3 aliphatic rings. The first-order chi connectivity index (χ1) is 18.6. The van der Waals surface area contributed by atoms with Crippen LogP contribution in [0.25, 0.3) is 10.9 Å². The van der Waals surface area contributed by atoms with Gasteiger partial charge in [0, 0.05) is 35.6 Å². The Hall–Kier alpha value is -3.12. The molecule has 6 rings (SSSR count). The van der Waals surface area contributed by atoms with Crippen LogP contribution in [-0.2, 0) is 20.9 Å². The van der Waals surface area contributed by atoms with Crippen LogP contribution in [0.2, 0.25) is 0 Å². The smallest absolute Gasteiger partial charge is 0.309 e. The standard InChI is InChI=1S/C32H39N3O3/c33-29(22-11-5-2-6-12-22)31(36)35-16-15-23-17-24(32(37)38-20-21-9-3-1-4-10-21)18-26(30(23)35)27-19-34-28-14-8-7-13-25(27)28/h1,3-4,7-10,13-14,19,22-24,26,29-30,34H,2,5-6,11-12,15-18,20,33H2/t23-,24?,26?,29?,30-/m0/s1. The van der Waals surface area contributed by atoms with Crippen LogP contribution in [0, 0.1) is 17.8 Å². The molecule has 0 radical (unpaired) electrons. The lowest BCUT2D eigenvalue weighted by molar-refractivity contribution is -0.152. The number of nitrogens with zero attached hydrogens (tertiary/aromatic N) is 1. The SMILES string of the molecule is NC(C(=O)N1CC[C@H]2CC(C(=O)OCc3ccccc3)CC(c3c[nH]c4ccccc34)[C@H]21)C1CCCCC1. The molecule has 1 amide bonds. The molecule has 1 aromatic heterocycles. The lowest BCUT2D eigenvalue weighted by Crippen LogP contribution is -2.53. The number of likely N-dealkylation sites (tertiary alicyclic amines) is 1. The third-order valence-corrected chi connectivity index (χ3v) is 9.43. The van der Waals surface area contributed by atoms with Gasteiger partial charge in [0.05, 0.1) is 12.0 Å². The monoisotopic (exact) mass is 513 g/mol. The van der Waals surface area contributed by atoms with Crippen molar-refractivity contribution in [3.8, 4) is 0 Å². The highest BCUT2D eigenvalue weighted by atomic mass is 16.5. The van der Waals surface area contributed by atoms with Crippen molar-refractivity contribution >= 4 is 22.8 Å². The Balaban J connectivity index is 1.26. The number of aromatic nitrogens is 1. The summed E-state index contributed by atoms with van der Waals surface area (Å²) in [6.07, 6.45) is 10.1. The molecule has 2 saturated carbocycles. The Labute approximate surface area is 224 Å². The van der Waals surface area contributed by atoms with Gasteiger partial charge in [0.15, 0.2) is 0 Å². The lowest BCUT2D eigenvalue weighted by Gasteiger charge is -2.42. The Bertz CT molecular complexity index is 1270. The van der Waals surface area contributed by atoms with Gasteiger partial charge in [-0.05, 0) is 61.1 Å². The molecule has 3 unspecified atom stereocenters. The largest absolute Gasteiger partial charge is 0.461 e. The summed E-state index contributed by atoms with van der Waals surface area (Å²) in [7, 11) is 0. The molecule has 6 nitrogen and oxygen atoms in total. The van der Waals surface area contributed by atoms with E-state index in [1.54, 1.807) is 0 Å². The topological polar surface area (TPSA) is 88.4 Å². The minimum Gasteiger partial charge on any atom is -0.461 e. The fourth-order valence-electron chi connectivity index (χ4n) is 7.48. The second kappa shape index (κ2) is 10.9. The second-order valence-electron chi connectivity index (χ2n) is 11.7. The van der Waals surface area contributed by atoms with E-state index in [1.165, 1.54) is 30.2 Å². The van der Waals surface area contributed by atoms with Gasteiger partial charge in [-0.1, -0.05) is 67.8 Å². The Morgan fingerprint density at radius 1 is 0.974 bits per heavy atom. The summed E-state index contributed by atoms with van der Waals surface area (Å²) in [5.74, 6) is 0.412. The first kappa shape index (κ1) is 25.2. The van der Waals surface area contributed by atoms with E-state index in [4.69, 9.17) is 10.5 Å². The first-order valence-corrected chi connectivity index (χ1v) is 14.4. The number of ether oxygens (including phenoxy) is 1. The van der Waals surface area contributed by atoms with E-state index >= 15 is 0 Å². The number of carbonyl (C=O) groups excluding carboxylic acids is 2. The van der Waals surface area contributed by atoms with Crippen LogP contribution < -0.4 is 5.73 Å². The number of fused-ring (bicyclic) bond motifs is 2. The van der Waals surface area contributed by atoms with Gasteiger partial charge < -0.3 is 20.4 Å². The molecule has 0 bridgehead atoms. The molecular weight excluding hydrogens is 474 g/mol. The van der Waals surface area contributed by atoms with E-state index in [2.05, 4.69) is 34.3 Å². The number of esters is 1. The van der Waals surface area contributed by atoms with Crippen molar-refractivity contribution in [3.05, 3.63) is 71.9 Å². The van der Waals surface area contributed by atoms with Gasteiger partial charge in [-0.15, -0.1) is 0 Å². The van der Waals surface area contributed by atoms with E-state index in [0.29, 0.717) is 13.0 Å². The molecule has 1 aliphatic heterocycles. The van der Waals surface area contributed by atoms with E-state index < -0.39 is 6.04 Å². The predicted molar refractivity (Wildman–Crippen MR) is 148 cm³/mol. The fourth-order valence-corrected chi connectivity index (χ4v) is 7.48. The Morgan fingerprint density at radius 2 is 1.74 bits per heavy atom. The van der Waals surface area contributed by atoms with Gasteiger partial charge in [-0.2, -0.15) is 0 Å². The maximum atomic E-state index is 13.9. The highest BCUT2D eigenvalue weighted by Crippen LogP contribution is 2.49. The van der Waals surface area contributed by atoms with Crippen molar-refractivity contribution < 1.29 is 14.3 Å². The maximum absolute atomic E-state index is 13.9. The van der Waals surface area contributed by atoms with E-state index in [-0.39, 0.29) is 41.6 Å². The molecule has 0 spiro atoms. The normalized spacial score (nSPS) is 26.7. The van der Waals surface area contributed by atoms with Crippen molar-refractivity contribution in [2.45, 2.75) is 76.0 Å². The summed E-state index contributed by atoms with van der Waals surface area (Å²) >= 11 is 0. The molecule has 2 aliphatic carbocycles. The summed E-state index contributed by atoms with van der Waals surface area (Å²) in [5.41, 5.74) is 9.93. The van der Waals surface area contributed by atoms with Crippen molar-refractivity contribution in [1.82, 2.24) is 9.88 Å². The third-order valence-electron chi connectivity index (χ3n) is 9.43. The number of hydrogen-bond donors (Lipinski definition) is 2. The second-order valence-corrected chi connectivity index (χ2v) is 11.7. The van der Waals surface area contributed by atoms with Crippen molar-refractivity contribution in [3.63, 3.8) is 0 Å². The molecule has 5 atom stereocenters. The minimum absolute atomic E-state index is 0.0594. The number of H-pyrrole nitrogens is 1. The third kappa shape index (κ3) is 4.86. The molecule has 200 valence electrons. The predicted octanol–water partition coefficient (Wildman–Crippen LogP) is 5.53. The Morgan fingerprint density at radius 3 is 2.55 bits per heavy atom.